The second-order valence-electron chi connectivity index (χ2n) is 5.32. The summed E-state index contributed by atoms with van der Waals surface area (Å²) in [4.78, 5) is 0. The van der Waals surface area contributed by atoms with Crippen LogP contribution in [0.25, 0.3) is 10.8 Å². The Bertz CT molecular complexity index is 576. The van der Waals surface area contributed by atoms with Gasteiger partial charge in [0.05, 0.1) is 13.2 Å². The summed E-state index contributed by atoms with van der Waals surface area (Å²) in [6.45, 7) is 4.08. The van der Waals surface area contributed by atoms with Gasteiger partial charge in [-0.1, -0.05) is 55.8 Å². The first-order valence-electron chi connectivity index (χ1n) is 7.72. The minimum absolute atomic E-state index is 0.151. The fraction of sp³-hybridized carbons (Fsp3) is 0.444. The fourth-order valence-electron chi connectivity index (χ4n) is 2.72. The maximum Gasteiger partial charge on any atom is 0.188 e. The Balaban J connectivity index is 1.87. The molecule has 1 aliphatic heterocycles. The quantitative estimate of drug-likeness (QED) is 0.775. The van der Waals surface area contributed by atoms with Crippen LogP contribution in [0.3, 0.4) is 0 Å². The lowest BCUT2D eigenvalue weighted by Crippen LogP contribution is -2.34. The zero-order valence-electron chi connectivity index (χ0n) is 12.5. The number of unbranched alkanes of at least 4 members (excludes halogenated alkanes) is 1. The van der Waals surface area contributed by atoms with E-state index in [1.165, 1.54) is 10.8 Å². The van der Waals surface area contributed by atoms with Gasteiger partial charge >= 0.3 is 0 Å². The first kappa shape index (κ1) is 14.5. The summed E-state index contributed by atoms with van der Waals surface area (Å²) in [7, 11) is 0. The zero-order chi connectivity index (χ0) is 14.5. The highest BCUT2D eigenvalue weighted by atomic mass is 16.7. The Morgan fingerprint density at radius 2 is 1.86 bits per heavy atom. The van der Waals surface area contributed by atoms with Gasteiger partial charge in [0.1, 0.15) is 6.10 Å². The Kier molecular flexibility index (Phi) is 4.86. The maximum absolute atomic E-state index is 5.97. The van der Waals surface area contributed by atoms with E-state index in [1.807, 2.05) is 0 Å². The minimum Gasteiger partial charge on any atom is -0.366 e. The molecule has 0 bridgehead atoms. The molecule has 1 heterocycles. The molecule has 0 N–H and O–H groups in total. The van der Waals surface area contributed by atoms with E-state index in [0.717, 1.165) is 18.4 Å². The van der Waals surface area contributed by atoms with Crippen LogP contribution in [0.4, 0.5) is 0 Å². The zero-order valence-corrected chi connectivity index (χ0v) is 12.5. The van der Waals surface area contributed by atoms with E-state index in [9.17, 15) is 0 Å². The van der Waals surface area contributed by atoms with Crippen LogP contribution in [-0.4, -0.2) is 26.1 Å². The van der Waals surface area contributed by atoms with E-state index < -0.39 is 0 Å². The van der Waals surface area contributed by atoms with Crippen LogP contribution in [0.2, 0.25) is 0 Å². The summed E-state index contributed by atoms with van der Waals surface area (Å²) in [6, 6.07) is 14.7. The van der Waals surface area contributed by atoms with Crippen molar-refractivity contribution in [3.05, 3.63) is 48.0 Å². The predicted molar refractivity (Wildman–Crippen MR) is 83.2 cm³/mol. The standard InChI is InChI=1S/C18H22O3/c1-2-3-11-20-18-17(19-12-13-21-18)16-10-6-8-14-7-4-5-9-15(14)16/h4-10,17-18H,2-3,11-13H2,1H3. The van der Waals surface area contributed by atoms with Crippen LogP contribution in [0.1, 0.15) is 31.4 Å². The molecule has 1 saturated heterocycles. The van der Waals surface area contributed by atoms with Gasteiger partial charge in [-0.3, -0.25) is 0 Å². The van der Waals surface area contributed by atoms with Gasteiger partial charge in [0, 0.05) is 6.61 Å². The predicted octanol–water partition coefficient (Wildman–Crippen LogP) is 4.07. The molecule has 0 aliphatic carbocycles. The third kappa shape index (κ3) is 3.26. The smallest absolute Gasteiger partial charge is 0.188 e. The molecule has 0 spiro atoms. The van der Waals surface area contributed by atoms with Crippen molar-refractivity contribution in [1.29, 1.82) is 0 Å². The second kappa shape index (κ2) is 7.03. The Labute approximate surface area is 125 Å². The number of rotatable bonds is 5. The maximum atomic E-state index is 5.97. The van der Waals surface area contributed by atoms with Gasteiger partial charge in [-0.05, 0) is 22.8 Å². The monoisotopic (exact) mass is 286 g/mol. The topological polar surface area (TPSA) is 27.7 Å². The summed E-state index contributed by atoms with van der Waals surface area (Å²) in [6.07, 6.45) is 1.70. The number of hydrogen-bond donors (Lipinski definition) is 0. The Morgan fingerprint density at radius 3 is 2.76 bits per heavy atom. The van der Waals surface area contributed by atoms with Gasteiger partial charge in [0.25, 0.3) is 0 Å². The summed E-state index contributed by atoms with van der Waals surface area (Å²) >= 11 is 0. The molecule has 112 valence electrons. The molecular weight excluding hydrogens is 264 g/mol. The van der Waals surface area contributed by atoms with Crippen LogP contribution in [-0.2, 0) is 14.2 Å². The molecular formula is C18H22O3. The van der Waals surface area contributed by atoms with Crippen molar-refractivity contribution in [2.24, 2.45) is 0 Å². The van der Waals surface area contributed by atoms with Gasteiger partial charge in [-0.15, -0.1) is 0 Å². The van der Waals surface area contributed by atoms with E-state index in [0.29, 0.717) is 19.8 Å². The summed E-state index contributed by atoms with van der Waals surface area (Å²) in [5.41, 5.74) is 1.15. The van der Waals surface area contributed by atoms with Gasteiger partial charge in [-0.25, -0.2) is 0 Å². The van der Waals surface area contributed by atoms with E-state index in [4.69, 9.17) is 14.2 Å². The molecule has 0 aromatic heterocycles. The van der Waals surface area contributed by atoms with Crippen molar-refractivity contribution in [2.75, 3.05) is 19.8 Å². The van der Waals surface area contributed by atoms with E-state index in [1.54, 1.807) is 0 Å². The van der Waals surface area contributed by atoms with Crippen LogP contribution < -0.4 is 0 Å². The second-order valence-corrected chi connectivity index (χ2v) is 5.32. The molecule has 1 aliphatic rings. The molecule has 0 amide bonds. The van der Waals surface area contributed by atoms with E-state index >= 15 is 0 Å². The van der Waals surface area contributed by atoms with Crippen molar-refractivity contribution in [3.8, 4) is 0 Å². The normalized spacial score (nSPS) is 22.5. The Morgan fingerprint density at radius 1 is 1.05 bits per heavy atom. The highest BCUT2D eigenvalue weighted by molar-refractivity contribution is 5.86. The average molecular weight is 286 g/mol. The van der Waals surface area contributed by atoms with E-state index in [2.05, 4.69) is 49.4 Å². The molecule has 21 heavy (non-hydrogen) atoms. The molecule has 2 unspecified atom stereocenters. The molecule has 1 fully saturated rings. The van der Waals surface area contributed by atoms with Crippen LogP contribution in [0.5, 0.6) is 0 Å². The molecule has 2 aromatic carbocycles. The van der Waals surface area contributed by atoms with Crippen LogP contribution in [0.15, 0.2) is 42.5 Å². The number of ether oxygens (including phenoxy) is 3. The van der Waals surface area contributed by atoms with Crippen molar-refractivity contribution in [1.82, 2.24) is 0 Å². The van der Waals surface area contributed by atoms with E-state index in [-0.39, 0.29) is 12.4 Å². The molecule has 3 heteroatoms. The first-order chi connectivity index (χ1) is 10.4. The summed E-state index contributed by atoms with van der Waals surface area (Å²) in [5.74, 6) is 0. The molecule has 2 atom stereocenters. The number of fused-ring (bicyclic) bond motifs is 1. The Hall–Kier alpha value is -1.42. The van der Waals surface area contributed by atoms with Gasteiger partial charge in [-0.2, -0.15) is 0 Å². The molecule has 0 saturated carbocycles. The molecule has 0 radical (unpaired) electrons. The SMILES string of the molecule is CCCCOC1OCCOC1c1cccc2ccccc12. The summed E-state index contributed by atoms with van der Waals surface area (Å²) < 4.78 is 17.7. The summed E-state index contributed by atoms with van der Waals surface area (Å²) in [5, 5.41) is 2.43. The highest BCUT2D eigenvalue weighted by Crippen LogP contribution is 2.32. The van der Waals surface area contributed by atoms with Gasteiger partial charge < -0.3 is 14.2 Å². The number of benzene rings is 2. The largest absolute Gasteiger partial charge is 0.366 e. The average Bonchev–Trinajstić information content (AvgIpc) is 2.55. The minimum atomic E-state index is -0.309. The third-order valence-electron chi connectivity index (χ3n) is 3.82. The lowest BCUT2D eigenvalue weighted by Gasteiger charge is -2.32. The van der Waals surface area contributed by atoms with Gasteiger partial charge in [0.2, 0.25) is 0 Å². The third-order valence-corrected chi connectivity index (χ3v) is 3.82. The molecule has 3 rings (SSSR count). The van der Waals surface area contributed by atoms with Gasteiger partial charge in [0.15, 0.2) is 6.29 Å². The van der Waals surface area contributed by atoms with Crippen molar-refractivity contribution in [3.63, 3.8) is 0 Å². The molecule has 2 aromatic rings. The van der Waals surface area contributed by atoms with Crippen molar-refractivity contribution >= 4 is 10.8 Å². The van der Waals surface area contributed by atoms with Crippen molar-refractivity contribution in [2.45, 2.75) is 32.2 Å². The van der Waals surface area contributed by atoms with Crippen molar-refractivity contribution < 1.29 is 14.2 Å². The molecule has 3 nitrogen and oxygen atoms in total. The van der Waals surface area contributed by atoms with Crippen LogP contribution >= 0.6 is 0 Å². The highest BCUT2D eigenvalue weighted by Gasteiger charge is 2.30. The lowest BCUT2D eigenvalue weighted by atomic mass is 9.99. The van der Waals surface area contributed by atoms with Crippen LogP contribution in [0, 0.1) is 0 Å². The lowest BCUT2D eigenvalue weighted by molar-refractivity contribution is -0.251. The number of hydrogen-bond acceptors (Lipinski definition) is 3. The fourth-order valence-corrected chi connectivity index (χ4v) is 2.72. The first-order valence-corrected chi connectivity index (χ1v) is 7.72.